The molecule has 0 spiro atoms. The molecule has 0 heterocycles. The van der Waals surface area contributed by atoms with Crippen LogP contribution < -0.4 is 0 Å². The molecule has 0 aliphatic heterocycles. The monoisotopic (exact) mass is 287 g/mol. The topological polar surface area (TPSA) is 12.4 Å². The van der Waals surface area contributed by atoms with Crippen molar-refractivity contribution in [1.82, 2.24) is 0 Å². The van der Waals surface area contributed by atoms with Gasteiger partial charge in [0.1, 0.15) is 0 Å². The number of aliphatic imine (C=N–C) groups is 1. The van der Waals surface area contributed by atoms with Crippen molar-refractivity contribution in [3.05, 3.63) is 63.8 Å². The molecule has 2 heteroatoms. The van der Waals surface area contributed by atoms with Crippen molar-refractivity contribution in [2.45, 2.75) is 34.1 Å². The number of nitrogens with zero attached hydrogens (tertiary/aromatic N) is 1. The third kappa shape index (κ3) is 4.82. The predicted molar refractivity (Wildman–Crippen MR) is 91.5 cm³/mol. The molecule has 106 valence electrons. The van der Waals surface area contributed by atoms with Gasteiger partial charge >= 0.3 is 0 Å². The highest BCUT2D eigenvalue weighted by molar-refractivity contribution is 6.30. The molecule has 0 N–H and O–H groups in total. The third-order valence-electron chi connectivity index (χ3n) is 3.07. The number of allylic oxidation sites excluding steroid dienone is 4. The second kappa shape index (κ2) is 8.55. The van der Waals surface area contributed by atoms with Crippen LogP contribution in [0.2, 0.25) is 5.02 Å². The molecule has 1 nitrogen and oxygen atoms in total. The molecule has 0 amide bonds. The van der Waals surface area contributed by atoms with Crippen LogP contribution in [0.4, 0.5) is 0 Å². The fourth-order valence-corrected chi connectivity index (χ4v) is 2.16. The molecule has 1 aromatic rings. The summed E-state index contributed by atoms with van der Waals surface area (Å²) < 4.78 is 0. The van der Waals surface area contributed by atoms with Crippen LogP contribution in [-0.4, -0.2) is 6.21 Å². The Balaban J connectivity index is 3.13. The van der Waals surface area contributed by atoms with Crippen molar-refractivity contribution in [1.29, 1.82) is 0 Å². The first-order chi connectivity index (χ1) is 9.62. The van der Waals surface area contributed by atoms with Gasteiger partial charge in [0.05, 0.1) is 0 Å². The minimum atomic E-state index is 0.776. The molecule has 0 saturated heterocycles. The average Bonchev–Trinajstić information content (AvgIpc) is 2.44. The van der Waals surface area contributed by atoms with Gasteiger partial charge in [0, 0.05) is 17.4 Å². The van der Waals surface area contributed by atoms with Gasteiger partial charge in [-0.2, -0.15) is 0 Å². The van der Waals surface area contributed by atoms with Gasteiger partial charge in [-0.15, -0.1) is 0 Å². The van der Waals surface area contributed by atoms with E-state index in [0.717, 1.165) is 17.0 Å². The molecular weight excluding hydrogens is 266 g/mol. The van der Waals surface area contributed by atoms with E-state index in [1.807, 2.05) is 38.3 Å². The summed E-state index contributed by atoms with van der Waals surface area (Å²) in [4.78, 5) is 4.27. The van der Waals surface area contributed by atoms with Gasteiger partial charge < -0.3 is 0 Å². The maximum Gasteiger partial charge on any atom is 0.0409 e. The molecule has 20 heavy (non-hydrogen) atoms. The van der Waals surface area contributed by atoms with E-state index in [-0.39, 0.29) is 0 Å². The zero-order chi connectivity index (χ0) is 15.0. The van der Waals surface area contributed by atoms with Crippen molar-refractivity contribution < 1.29 is 0 Å². The van der Waals surface area contributed by atoms with Gasteiger partial charge in [0.2, 0.25) is 0 Å². The molecule has 0 aliphatic rings. The maximum atomic E-state index is 6.00. The van der Waals surface area contributed by atoms with Crippen molar-refractivity contribution in [3.8, 4) is 0 Å². The molecule has 0 aromatic heterocycles. The largest absolute Gasteiger partial charge is 0.264 e. The molecule has 0 radical (unpaired) electrons. The van der Waals surface area contributed by atoms with E-state index in [2.05, 4.69) is 37.1 Å². The summed E-state index contributed by atoms with van der Waals surface area (Å²) in [5.74, 6) is 0. The minimum Gasteiger partial charge on any atom is -0.264 e. The lowest BCUT2D eigenvalue weighted by atomic mass is 9.99. The number of aryl methyl sites for hydroxylation is 1. The lowest BCUT2D eigenvalue weighted by Crippen LogP contribution is -1.91. The smallest absolute Gasteiger partial charge is 0.0409 e. The van der Waals surface area contributed by atoms with Crippen LogP contribution in [0.15, 0.2) is 52.7 Å². The molecular formula is C18H22ClN. The molecule has 0 saturated carbocycles. The van der Waals surface area contributed by atoms with Crippen LogP contribution in [-0.2, 0) is 0 Å². The Morgan fingerprint density at radius 1 is 1.30 bits per heavy atom. The molecule has 1 aromatic carbocycles. The summed E-state index contributed by atoms with van der Waals surface area (Å²) >= 11 is 6.00. The number of rotatable bonds is 5. The summed E-state index contributed by atoms with van der Waals surface area (Å²) in [6.45, 7) is 8.23. The van der Waals surface area contributed by atoms with Crippen molar-refractivity contribution >= 4 is 23.9 Å². The normalized spacial score (nSPS) is 13.7. The average molecular weight is 288 g/mol. The molecule has 0 unspecified atom stereocenters. The zero-order valence-corrected chi connectivity index (χ0v) is 13.4. The zero-order valence-electron chi connectivity index (χ0n) is 12.7. The summed E-state index contributed by atoms with van der Waals surface area (Å²) in [7, 11) is 0. The summed E-state index contributed by atoms with van der Waals surface area (Å²) in [6, 6.07) is 5.98. The first kappa shape index (κ1) is 16.5. The third-order valence-corrected chi connectivity index (χ3v) is 3.31. The Morgan fingerprint density at radius 3 is 2.60 bits per heavy atom. The Morgan fingerprint density at radius 2 is 2.05 bits per heavy atom. The van der Waals surface area contributed by atoms with Crippen LogP contribution in [0, 0.1) is 6.92 Å². The number of halogens is 1. The van der Waals surface area contributed by atoms with E-state index in [4.69, 9.17) is 11.6 Å². The van der Waals surface area contributed by atoms with Gasteiger partial charge in [-0.3, -0.25) is 4.99 Å². The first-order valence-electron chi connectivity index (χ1n) is 6.90. The Kier molecular flexibility index (Phi) is 7.03. The van der Waals surface area contributed by atoms with Crippen LogP contribution in [0.1, 0.15) is 38.3 Å². The summed E-state index contributed by atoms with van der Waals surface area (Å²) in [5, 5.41) is 0.776. The van der Waals surface area contributed by atoms with E-state index in [9.17, 15) is 0 Å². The first-order valence-corrected chi connectivity index (χ1v) is 7.27. The van der Waals surface area contributed by atoms with Gasteiger partial charge in [-0.25, -0.2) is 0 Å². The Hall–Kier alpha value is -1.60. The Labute approximate surface area is 127 Å². The highest BCUT2D eigenvalue weighted by Crippen LogP contribution is 2.21. The fraction of sp³-hybridized carbons (Fsp3) is 0.278. The van der Waals surface area contributed by atoms with Gasteiger partial charge in [-0.05, 0) is 61.6 Å². The number of benzene rings is 1. The van der Waals surface area contributed by atoms with E-state index in [1.165, 1.54) is 16.7 Å². The predicted octanol–water partition coefficient (Wildman–Crippen LogP) is 5.99. The number of hydrogen-bond acceptors (Lipinski definition) is 1. The van der Waals surface area contributed by atoms with Crippen molar-refractivity contribution in [2.75, 3.05) is 0 Å². The summed E-state index contributed by atoms with van der Waals surface area (Å²) in [5.41, 5.74) is 4.81. The summed E-state index contributed by atoms with van der Waals surface area (Å²) in [6.07, 6.45) is 10.9. The number of hydrogen-bond donors (Lipinski definition) is 0. The van der Waals surface area contributed by atoms with Crippen LogP contribution in [0.25, 0.3) is 6.08 Å². The van der Waals surface area contributed by atoms with Crippen LogP contribution >= 0.6 is 11.6 Å². The highest BCUT2D eigenvalue weighted by atomic mass is 35.5. The molecule has 0 aliphatic carbocycles. The van der Waals surface area contributed by atoms with E-state index >= 15 is 0 Å². The van der Waals surface area contributed by atoms with E-state index in [0.29, 0.717) is 0 Å². The lowest BCUT2D eigenvalue weighted by Gasteiger charge is -2.07. The molecule has 0 atom stereocenters. The standard InChI is InChI=1S/C18H22ClN/c1-5-10-20-13-16(7-3)15(6-2)12-17-8-9-18(19)11-14(17)4/h5,7-13H,6H2,1-4H3/b10-5-,15-12+,16-7+,20-13+. The van der Waals surface area contributed by atoms with Crippen LogP contribution in [0.3, 0.4) is 0 Å². The minimum absolute atomic E-state index is 0.776. The van der Waals surface area contributed by atoms with E-state index in [1.54, 1.807) is 6.20 Å². The second-order valence-corrected chi connectivity index (χ2v) is 4.97. The van der Waals surface area contributed by atoms with Gasteiger partial charge in [-0.1, -0.05) is 42.8 Å². The SMILES string of the molecule is C\C=C/N=C/C(=C\C)C(=C/c1ccc(Cl)cc1C)/CC. The van der Waals surface area contributed by atoms with Crippen LogP contribution in [0.5, 0.6) is 0 Å². The van der Waals surface area contributed by atoms with Crippen molar-refractivity contribution in [3.63, 3.8) is 0 Å². The van der Waals surface area contributed by atoms with Crippen molar-refractivity contribution in [2.24, 2.45) is 4.99 Å². The second-order valence-electron chi connectivity index (χ2n) is 4.53. The molecule has 0 bridgehead atoms. The van der Waals surface area contributed by atoms with E-state index < -0.39 is 0 Å². The molecule has 1 rings (SSSR count). The fourth-order valence-electron chi connectivity index (χ4n) is 1.93. The molecule has 0 fully saturated rings. The quantitative estimate of drug-likeness (QED) is 0.466. The highest BCUT2D eigenvalue weighted by Gasteiger charge is 2.02. The van der Waals surface area contributed by atoms with Gasteiger partial charge in [0.25, 0.3) is 0 Å². The maximum absolute atomic E-state index is 6.00. The lowest BCUT2D eigenvalue weighted by molar-refractivity contribution is 1.14. The Bertz CT molecular complexity index is 563. The van der Waals surface area contributed by atoms with Gasteiger partial charge in [0.15, 0.2) is 0 Å².